The Morgan fingerprint density at radius 1 is 1.20 bits per heavy atom. The monoisotopic (exact) mass is 572 g/mol. The number of nitrogens with zero attached hydrogens (tertiary/aromatic N) is 4. The molecule has 1 unspecified atom stereocenters. The molecule has 2 aromatic rings. The van der Waals surface area contributed by atoms with Gasteiger partial charge >= 0.3 is 0 Å². The van der Waals surface area contributed by atoms with E-state index in [2.05, 4.69) is 15.3 Å². The van der Waals surface area contributed by atoms with Crippen molar-refractivity contribution >= 4 is 40.8 Å². The number of ketones is 1. The number of amides is 3. The van der Waals surface area contributed by atoms with E-state index in [0.29, 0.717) is 37.8 Å². The van der Waals surface area contributed by atoms with Crippen LogP contribution in [-0.4, -0.2) is 88.0 Å². The number of nitrogens with two attached hydrogens (primary N) is 3. The summed E-state index contributed by atoms with van der Waals surface area (Å²) < 4.78 is 13.2. The first-order chi connectivity index (χ1) is 19.1. The largest absolute Gasteiger partial charge is 0.370 e. The van der Waals surface area contributed by atoms with E-state index >= 15 is 0 Å². The van der Waals surface area contributed by atoms with Gasteiger partial charge in [0.2, 0.25) is 23.5 Å². The molecule has 2 fully saturated rings. The Hall–Kier alpha value is -3.91. The molecule has 1 aromatic heterocycles. The van der Waals surface area contributed by atoms with Crippen LogP contribution in [0.2, 0.25) is 0 Å². The average molecular weight is 573 g/mol. The second kappa shape index (κ2) is 13.0. The number of halogens is 1. The molecular weight excluding hydrogens is 539 g/mol. The number of hydrogen-bond donors (Lipinski definition) is 4. The van der Waals surface area contributed by atoms with Crippen LogP contribution in [0.15, 0.2) is 40.8 Å². The maximum atomic E-state index is 13.4. The fourth-order valence-electron chi connectivity index (χ4n) is 5.16. The third-order valence-electron chi connectivity index (χ3n) is 7.07. The molecule has 7 N–H and O–H groups in total. The lowest BCUT2D eigenvalue weighted by Crippen LogP contribution is -2.62. The third-order valence-corrected chi connectivity index (χ3v) is 7.86. The van der Waals surface area contributed by atoms with Crippen LogP contribution in [0.4, 0.5) is 4.39 Å². The quantitative estimate of drug-likeness (QED) is 0.123. The smallest absolute Gasteiger partial charge is 0.243 e. The molecule has 2 saturated heterocycles. The van der Waals surface area contributed by atoms with Crippen molar-refractivity contribution < 1.29 is 23.6 Å². The molecule has 14 heteroatoms. The van der Waals surface area contributed by atoms with Crippen molar-refractivity contribution in [1.82, 2.24) is 20.1 Å². The van der Waals surface area contributed by atoms with Crippen LogP contribution < -0.4 is 22.5 Å². The van der Waals surface area contributed by atoms with Gasteiger partial charge in [0.1, 0.15) is 11.9 Å². The van der Waals surface area contributed by atoms with E-state index in [9.17, 15) is 23.6 Å². The molecule has 1 aromatic carbocycles. The van der Waals surface area contributed by atoms with Gasteiger partial charge in [-0.3, -0.25) is 24.2 Å². The lowest BCUT2D eigenvalue weighted by molar-refractivity contribution is -0.151. The number of carbonyl (C=O) groups excluding carboxylic acids is 4. The molecule has 0 radical (unpaired) electrons. The summed E-state index contributed by atoms with van der Waals surface area (Å²) in [5, 5.41) is 4.77. The number of aromatic nitrogens is 1. The molecule has 40 heavy (non-hydrogen) atoms. The minimum atomic E-state index is -0.887. The summed E-state index contributed by atoms with van der Waals surface area (Å²) in [5.41, 5.74) is 17.6. The zero-order valence-corrected chi connectivity index (χ0v) is 22.7. The number of piperazine rings is 1. The number of aliphatic imine (C=N–C) groups is 1. The first-order valence-corrected chi connectivity index (χ1v) is 13.9. The predicted octanol–water partition coefficient (Wildman–Crippen LogP) is -0.225. The van der Waals surface area contributed by atoms with Crippen molar-refractivity contribution in [2.24, 2.45) is 22.2 Å². The van der Waals surface area contributed by atoms with E-state index < -0.39 is 24.0 Å². The van der Waals surface area contributed by atoms with E-state index in [4.69, 9.17) is 17.2 Å². The molecule has 4 rings (SSSR count). The van der Waals surface area contributed by atoms with E-state index in [1.165, 1.54) is 39.5 Å². The van der Waals surface area contributed by atoms with Crippen molar-refractivity contribution in [3.8, 4) is 0 Å². The standard InChI is InChI=1S/C26H33FN8O4S/c27-16-5-3-15(4-6-16)12-18(28)25(39)34-13-17-7-8-20(35(17)21(36)14-34)23(38)33-19(2-1-9-32-26(29)30)22(37)24-31-10-11-40-24/h3-6,10-11,17-20H,1-2,7-9,12-14,28H2,(H,33,38)(H4,29,30,32)/t17-,18-,19?,20-/m0/s1. The fraction of sp³-hybridized carbons (Fsp3) is 0.462. The molecule has 0 saturated carbocycles. The Balaban J connectivity index is 1.38. The molecular formula is C26H33FN8O4S. The molecule has 4 atom stereocenters. The maximum absolute atomic E-state index is 13.4. The van der Waals surface area contributed by atoms with Gasteiger partial charge < -0.3 is 32.3 Å². The SMILES string of the molecule is NC(N)=NCCCC(NC(=O)[C@@H]1CC[C@H]2CN(C(=O)[C@@H](N)Cc3ccc(F)cc3)CC(=O)N21)C(=O)c1nccs1. The Morgan fingerprint density at radius 3 is 2.62 bits per heavy atom. The number of hydrogen-bond acceptors (Lipinski definition) is 8. The van der Waals surface area contributed by atoms with Crippen molar-refractivity contribution in [3.05, 3.63) is 52.2 Å². The minimum absolute atomic E-state index is 0.0589. The molecule has 214 valence electrons. The Bertz CT molecular complexity index is 1250. The Kier molecular flexibility index (Phi) is 9.42. The first kappa shape index (κ1) is 29.1. The van der Waals surface area contributed by atoms with Crippen LogP contribution in [0, 0.1) is 5.82 Å². The van der Waals surface area contributed by atoms with E-state index in [-0.39, 0.29) is 59.9 Å². The summed E-state index contributed by atoms with van der Waals surface area (Å²) >= 11 is 1.18. The summed E-state index contributed by atoms with van der Waals surface area (Å²) in [6.07, 6.45) is 3.39. The normalized spacial score (nSPS) is 20.0. The number of Topliss-reactive ketones (excluding diaryl/α,β-unsaturated/α-hetero) is 1. The molecule has 3 heterocycles. The molecule has 2 aliphatic rings. The number of nitrogens with one attached hydrogen (secondary N) is 1. The second-order valence-corrected chi connectivity index (χ2v) is 10.8. The van der Waals surface area contributed by atoms with Crippen LogP contribution in [0.5, 0.6) is 0 Å². The average Bonchev–Trinajstić information content (AvgIpc) is 3.61. The van der Waals surface area contributed by atoms with E-state index in [1.807, 2.05) is 0 Å². The topological polar surface area (TPSA) is 190 Å². The highest BCUT2D eigenvalue weighted by Crippen LogP contribution is 2.29. The first-order valence-electron chi connectivity index (χ1n) is 13.0. The zero-order valence-electron chi connectivity index (χ0n) is 21.9. The van der Waals surface area contributed by atoms with E-state index in [1.54, 1.807) is 17.5 Å². The second-order valence-electron chi connectivity index (χ2n) is 9.92. The fourth-order valence-corrected chi connectivity index (χ4v) is 5.79. The number of benzene rings is 1. The molecule has 0 spiro atoms. The van der Waals surface area contributed by atoms with Gasteiger partial charge in [0, 0.05) is 24.7 Å². The number of rotatable bonds is 11. The van der Waals surface area contributed by atoms with Gasteiger partial charge in [0.25, 0.3) is 0 Å². The van der Waals surface area contributed by atoms with Crippen molar-refractivity contribution in [3.63, 3.8) is 0 Å². The van der Waals surface area contributed by atoms with Gasteiger partial charge in [-0.25, -0.2) is 9.37 Å². The van der Waals surface area contributed by atoms with Gasteiger partial charge in [0.05, 0.1) is 24.7 Å². The van der Waals surface area contributed by atoms with Gasteiger partial charge in [-0.1, -0.05) is 12.1 Å². The van der Waals surface area contributed by atoms with Crippen LogP contribution >= 0.6 is 11.3 Å². The van der Waals surface area contributed by atoms with Crippen molar-refractivity contribution in [2.45, 2.75) is 56.3 Å². The predicted molar refractivity (Wildman–Crippen MR) is 147 cm³/mol. The van der Waals surface area contributed by atoms with Crippen LogP contribution in [0.1, 0.15) is 41.0 Å². The van der Waals surface area contributed by atoms with Crippen LogP contribution in [0.25, 0.3) is 0 Å². The molecule has 12 nitrogen and oxygen atoms in total. The maximum Gasteiger partial charge on any atom is 0.243 e. The minimum Gasteiger partial charge on any atom is -0.370 e. The summed E-state index contributed by atoms with van der Waals surface area (Å²) in [4.78, 5) is 63.5. The summed E-state index contributed by atoms with van der Waals surface area (Å²) in [7, 11) is 0. The van der Waals surface area contributed by atoms with E-state index in [0.717, 1.165) is 0 Å². The lowest BCUT2D eigenvalue weighted by atomic mass is 10.0. The van der Waals surface area contributed by atoms with Crippen LogP contribution in [-0.2, 0) is 20.8 Å². The number of guanidine groups is 1. The lowest BCUT2D eigenvalue weighted by Gasteiger charge is -2.40. The van der Waals surface area contributed by atoms with Crippen molar-refractivity contribution in [2.75, 3.05) is 19.6 Å². The molecule has 0 aliphatic carbocycles. The highest BCUT2D eigenvalue weighted by molar-refractivity contribution is 7.11. The molecule has 2 aliphatic heterocycles. The summed E-state index contributed by atoms with van der Waals surface area (Å²) in [5.74, 6) is -1.92. The highest BCUT2D eigenvalue weighted by atomic mass is 32.1. The molecule has 3 amide bonds. The Labute approximate surface area is 234 Å². The number of fused-ring (bicyclic) bond motifs is 1. The number of thiazole rings is 1. The van der Waals surface area contributed by atoms with Gasteiger partial charge in [-0.15, -0.1) is 11.3 Å². The van der Waals surface area contributed by atoms with Crippen molar-refractivity contribution in [1.29, 1.82) is 0 Å². The number of carbonyl (C=O) groups is 4. The van der Waals surface area contributed by atoms with Gasteiger partial charge in [0.15, 0.2) is 11.0 Å². The summed E-state index contributed by atoms with van der Waals surface area (Å²) in [6, 6.07) is 2.91. The molecule has 0 bridgehead atoms. The van der Waals surface area contributed by atoms with Crippen LogP contribution in [0.3, 0.4) is 0 Å². The highest BCUT2D eigenvalue weighted by Gasteiger charge is 2.46. The zero-order chi connectivity index (χ0) is 28.8. The Morgan fingerprint density at radius 2 is 1.95 bits per heavy atom. The van der Waals surface area contributed by atoms with Gasteiger partial charge in [-0.05, 0) is 49.8 Å². The third kappa shape index (κ3) is 6.99. The van der Waals surface area contributed by atoms with Gasteiger partial charge in [-0.2, -0.15) is 0 Å². The summed E-state index contributed by atoms with van der Waals surface area (Å²) in [6.45, 7) is 0.352.